The number of benzene rings is 2. The minimum absolute atomic E-state index is 0.0874. The van der Waals surface area contributed by atoms with Crippen molar-refractivity contribution in [3.8, 4) is 0 Å². The van der Waals surface area contributed by atoms with Crippen LogP contribution in [0.1, 0.15) is 77.1 Å². The Kier molecular flexibility index (Phi) is 12.5. The normalized spacial score (nSPS) is 13.6. The van der Waals surface area contributed by atoms with Gasteiger partial charge in [-0.25, -0.2) is 4.79 Å². The second-order valence-corrected chi connectivity index (χ2v) is 10.8. The summed E-state index contributed by atoms with van der Waals surface area (Å²) in [6.45, 7) is 10.8. The number of rotatable bonds is 13. The van der Waals surface area contributed by atoms with Gasteiger partial charge in [-0.15, -0.1) is 0 Å². The Morgan fingerprint density at radius 1 is 0.949 bits per heavy atom. The molecule has 3 N–H and O–H groups in total. The summed E-state index contributed by atoms with van der Waals surface area (Å²) in [5.74, 6) is -0.820. The summed E-state index contributed by atoms with van der Waals surface area (Å²) >= 11 is 0. The average Bonchev–Trinajstić information content (AvgIpc) is 2.87. The molecular formula is C31H45N3O5. The molecule has 0 bridgehead atoms. The van der Waals surface area contributed by atoms with E-state index < -0.39 is 29.7 Å². The molecule has 0 aliphatic rings. The number of aliphatic hydroxyl groups excluding tert-OH is 1. The van der Waals surface area contributed by atoms with E-state index in [9.17, 15) is 19.5 Å². The van der Waals surface area contributed by atoms with E-state index in [4.69, 9.17) is 4.74 Å². The fraction of sp³-hybridized carbons (Fsp3) is 0.516. The van der Waals surface area contributed by atoms with Crippen LogP contribution >= 0.6 is 0 Å². The standard InChI is InChI=1S/C31H45N3O5/c1-7-12-22(3)32-28(36)27(25-17-15-23(8-2)16-18-25)34(19-20-35)29(37)26(21-24-13-10-9-11-14-24)33-30(38)39-31(4,5)6/h9-11,13-18,22,26-27,35H,7-8,12,19-21H2,1-6H3,(H,32,36)(H,33,38). The van der Waals surface area contributed by atoms with Gasteiger partial charge in [-0.1, -0.05) is 74.9 Å². The van der Waals surface area contributed by atoms with Crippen molar-refractivity contribution < 1.29 is 24.2 Å². The number of carbonyl (C=O) groups is 3. The predicted octanol–water partition coefficient (Wildman–Crippen LogP) is 4.55. The SMILES string of the molecule is CCCC(C)NC(=O)C(c1ccc(CC)cc1)N(CCO)C(=O)C(Cc1ccccc1)NC(=O)OC(C)(C)C. The van der Waals surface area contributed by atoms with Crippen LogP contribution < -0.4 is 10.6 Å². The maximum Gasteiger partial charge on any atom is 0.408 e. The molecule has 0 fully saturated rings. The highest BCUT2D eigenvalue weighted by Gasteiger charge is 2.36. The molecular weight excluding hydrogens is 494 g/mol. The van der Waals surface area contributed by atoms with Crippen molar-refractivity contribution in [1.82, 2.24) is 15.5 Å². The smallest absolute Gasteiger partial charge is 0.408 e. The lowest BCUT2D eigenvalue weighted by Gasteiger charge is -2.35. The Labute approximate surface area is 233 Å². The van der Waals surface area contributed by atoms with Crippen molar-refractivity contribution in [2.75, 3.05) is 13.2 Å². The quantitative estimate of drug-likeness (QED) is 0.346. The van der Waals surface area contributed by atoms with Crippen LogP contribution in [0.5, 0.6) is 0 Å². The van der Waals surface area contributed by atoms with Crippen molar-refractivity contribution in [3.05, 3.63) is 71.3 Å². The van der Waals surface area contributed by atoms with Crippen LogP contribution in [0.25, 0.3) is 0 Å². The third-order valence-electron chi connectivity index (χ3n) is 6.27. The van der Waals surface area contributed by atoms with Crippen LogP contribution in [-0.2, 0) is 27.2 Å². The van der Waals surface area contributed by atoms with Crippen LogP contribution in [0.2, 0.25) is 0 Å². The fourth-order valence-corrected chi connectivity index (χ4v) is 4.41. The van der Waals surface area contributed by atoms with Crippen molar-refractivity contribution in [2.45, 2.75) is 91.0 Å². The number of aliphatic hydroxyl groups is 1. The highest BCUT2D eigenvalue weighted by atomic mass is 16.6. The molecule has 0 saturated carbocycles. The van der Waals surface area contributed by atoms with Crippen LogP contribution in [-0.4, -0.2) is 58.8 Å². The third-order valence-corrected chi connectivity index (χ3v) is 6.27. The van der Waals surface area contributed by atoms with E-state index in [0.29, 0.717) is 5.56 Å². The molecule has 214 valence electrons. The summed E-state index contributed by atoms with van der Waals surface area (Å²) in [5, 5.41) is 15.7. The fourth-order valence-electron chi connectivity index (χ4n) is 4.41. The summed E-state index contributed by atoms with van der Waals surface area (Å²) in [4.78, 5) is 42.0. The number of alkyl carbamates (subject to hydrolysis) is 1. The second kappa shape index (κ2) is 15.3. The lowest BCUT2D eigenvalue weighted by atomic mass is 9.98. The molecule has 3 unspecified atom stereocenters. The molecule has 2 aromatic carbocycles. The first-order chi connectivity index (χ1) is 18.5. The summed E-state index contributed by atoms with van der Waals surface area (Å²) in [6.07, 6.45) is 1.98. The number of aryl methyl sites for hydroxylation is 1. The topological polar surface area (TPSA) is 108 Å². The van der Waals surface area contributed by atoms with Gasteiger partial charge in [-0.3, -0.25) is 9.59 Å². The lowest BCUT2D eigenvalue weighted by Crippen LogP contribution is -2.55. The molecule has 0 spiro atoms. The summed E-state index contributed by atoms with van der Waals surface area (Å²) in [7, 11) is 0. The van der Waals surface area contributed by atoms with Gasteiger partial charge in [-0.05, 0) is 57.2 Å². The molecule has 0 heterocycles. The maximum absolute atomic E-state index is 14.2. The van der Waals surface area contributed by atoms with Gasteiger partial charge in [0.2, 0.25) is 11.8 Å². The Balaban J connectivity index is 2.51. The Bertz CT molecular complexity index is 1050. The molecule has 0 aliphatic heterocycles. The number of nitrogens with zero attached hydrogens (tertiary/aromatic N) is 1. The highest BCUT2D eigenvalue weighted by molar-refractivity contribution is 5.92. The summed E-state index contributed by atoms with van der Waals surface area (Å²) < 4.78 is 5.44. The van der Waals surface area contributed by atoms with Crippen LogP contribution in [0.3, 0.4) is 0 Å². The molecule has 0 saturated heterocycles. The van der Waals surface area contributed by atoms with E-state index in [1.54, 1.807) is 20.8 Å². The number of hydrogen-bond donors (Lipinski definition) is 3. The lowest BCUT2D eigenvalue weighted by molar-refractivity contribution is -0.143. The van der Waals surface area contributed by atoms with Gasteiger partial charge in [0, 0.05) is 19.0 Å². The minimum atomic E-state index is -1.02. The first kappa shape index (κ1) is 31.8. The Hall–Kier alpha value is -3.39. The molecule has 0 aliphatic carbocycles. The molecule has 0 radical (unpaired) electrons. The van der Waals surface area contributed by atoms with Crippen molar-refractivity contribution in [3.63, 3.8) is 0 Å². The molecule has 39 heavy (non-hydrogen) atoms. The number of ether oxygens (including phenoxy) is 1. The zero-order valence-corrected chi connectivity index (χ0v) is 24.2. The first-order valence-electron chi connectivity index (χ1n) is 13.8. The van der Waals surface area contributed by atoms with Gasteiger partial charge in [-0.2, -0.15) is 0 Å². The largest absolute Gasteiger partial charge is 0.444 e. The molecule has 2 rings (SSSR count). The van der Waals surface area contributed by atoms with Crippen LogP contribution in [0.15, 0.2) is 54.6 Å². The van der Waals surface area contributed by atoms with Gasteiger partial charge in [0.1, 0.15) is 17.7 Å². The first-order valence-corrected chi connectivity index (χ1v) is 13.8. The van der Waals surface area contributed by atoms with Crippen molar-refractivity contribution in [1.29, 1.82) is 0 Å². The molecule has 2 aromatic rings. The number of amides is 3. The van der Waals surface area contributed by atoms with Gasteiger partial charge in [0.15, 0.2) is 0 Å². The minimum Gasteiger partial charge on any atom is -0.444 e. The van der Waals surface area contributed by atoms with E-state index >= 15 is 0 Å². The van der Waals surface area contributed by atoms with Gasteiger partial charge in [0.25, 0.3) is 0 Å². The zero-order chi connectivity index (χ0) is 29.0. The van der Waals surface area contributed by atoms with Gasteiger partial charge < -0.3 is 25.4 Å². The number of nitrogens with one attached hydrogen (secondary N) is 2. The zero-order valence-electron chi connectivity index (χ0n) is 24.2. The maximum atomic E-state index is 14.2. The molecule has 3 amide bonds. The summed E-state index contributed by atoms with van der Waals surface area (Å²) in [6, 6.07) is 14.8. The van der Waals surface area contributed by atoms with Gasteiger partial charge >= 0.3 is 6.09 Å². The second-order valence-electron chi connectivity index (χ2n) is 10.8. The third kappa shape index (κ3) is 10.4. The Morgan fingerprint density at radius 2 is 1.59 bits per heavy atom. The van der Waals surface area contributed by atoms with Crippen molar-refractivity contribution >= 4 is 17.9 Å². The number of hydrogen-bond acceptors (Lipinski definition) is 5. The Morgan fingerprint density at radius 3 is 2.13 bits per heavy atom. The molecule has 8 heteroatoms. The van der Waals surface area contributed by atoms with E-state index in [2.05, 4.69) is 10.6 Å². The summed E-state index contributed by atoms with van der Waals surface area (Å²) in [5.41, 5.74) is 1.81. The average molecular weight is 540 g/mol. The van der Waals surface area contributed by atoms with Crippen LogP contribution in [0.4, 0.5) is 4.79 Å². The van der Waals surface area contributed by atoms with Crippen LogP contribution in [0, 0.1) is 0 Å². The predicted molar refractivity (Wildman–Crippen MR) is 153 cm³/mol. The molecule has 3 atom stereocenters. The van der Waals surface area contributed by atoms with Crippen molar-refractivity contribution in [2.24, 2.45) is 0 Å². The van der Waals surface area contributed by atoms with E-state index in [1.165, 1.54) is 4.90 Å². The van der Waals surface area contributed by atoms with Gasteiger partial charge in [0.05, 0.1) is 6.61 Å². The van der Waals surface area contributed by atoms with E-state index in [-0.39, 0.29) is 31.5 Å². The highest BCUT2D eigenvalue weighted by Crippen LogP contribution is 2.24. The monoisotopic (exact) mass is 539 g/mol. The van der Waals surface area contributed by atoms with E-state index in [1.807, 2.05) is 75.4 Å². The number of carbonyl (C=O) groups excluding carboxylic acids is 3. The van der Waals surface area contributed by atoms with E-state index in [0.717, 1.165) is 30.4 Å². The molecule has 8 nitrogen and oxygen atoms in total. The molecule has 0 aromatic heterocycles.